The summed E-state index contributed by atoms with van der Waals surface area (Å²) in [5.74, 6) is -3.40. The van der Waals surface area contributed by atoms with Gasteiger partial charge in [-0.3, -0.25) is 9.59 Å². The molecule has 2 aromatic carbocycles. The highest BCUT2D eigenvalue weighted by Gasteiger charge is 2.24. The zero-order valence-electron chi connectivity index (χ0n) is 17.0. The molecule has 166 valence electrons. The van der Waals surface area contributed by atoms with Crippen molar-refractivity contribution < 1.29 is 22.8 Å². The zero-order valence-corrected chi connectivity index (χ0v) is 17.0. The SMILES string of the molecule is NC(=O)c1nc(-c2c(F)cccc2F)oc1Nc1ccc(NC(=O)C2CCCNC2)cc1. The van der Waals surface area contributed by atoms with Crippen LogP contribution in [-0.4, -0.2) is 29.9 Å². The van der Waals surface area contributed by atoms with E-state index in [1.807, 2.05) is 0 Å². The molecule has 1 atom stereocenters. The molecular weight excluding hydrogens is 420 g/mol. The van der Waals surface area contributed by atoms with Crippen LogP contribution in [0.25, 0.3) is 11.5 Å². The first-order chi connectivity index (χ1) is 15.4. The van der Waals surface area contributed by atoms with Crippen LogP contribution in [0.5, 0.6) is 0 Å². The van der Waals surface area contributed by atoms with Gasteiger partial charge < -0.3 is 26.1 Å². The number of piperidine rings is 1. The van der Waals surface area contributed by atoms with Crippen LogP contribution in [0, 0.1) is 17.6 Å². The Labute approximate surface area is 182 Å². The lowest BCUT2D eigenvalue weighted by atomic mass is 9.99. The van der Waals surface area contributed by atoms with Gasteiger partial charge in [0.2, 0.25) is 17.7 Å². The standard InChI is InChI=1S/C22H21F2N5O3/c23-15-4-1-5-16(24)17(15)21-29-18(19(25)30)22(32-21)28-14-8-6-13(7-9-14)27-20(31)12-3-2-10-26-11-12/h1,4-9,12,26,28H,2-3,10-11H2,(H2,25,30)(H,27,31). The van der Waals surface area contributed by atoms with Crippen molar-refractivity contribution in [2.75, 3.05) is 23.7 Å². The molecule has 10 heteroatoms. The summed E-state index contributed by atoms with van der Waals surface area (Å²) in [4.78, 5) is 28.0. The number of rotatable bonds is 6. The van der Waals surface area contributed by atoms with Crippen molar-refractivity contribution in [2.24, 2.45) is 11.7 Å². The molecular formula is C22H21F2N5O3. The summed E-state index contributed by atoms with van der Waals surface area (Å²) in [6, 6.07) is 9.95. The molecule has 1 aromatic heterocycles. The number of nitrogens with zero attached hydrogens (tertiary/aromatic N) is 1. The molecule has 1 aliphatic rings. The van der Waals surface area contributed by atoms with E-state index in [0.717, 1.165) is 31.5 Å². The molecule has 0 aliphatic carbocycles. The van der Waals surface area contributed by atoms with Crippen molar-refractivity contribution in [3.05, 3.63) is 59.8 Å². The lowest BCUT2D eigenvalue weighted by Gasteiger charge is -2.21. The number of halogens is 2. The van der Waals surface area contributed by atoms with E-state index in [4.69, 9.17) is 10.2 Å². The van der Waals surface area contributed by atoms with Crippen molar-refractivity contribution in [1.82, 2.24) is 10.3 Å². The molecule has 4 rings (SSSR count). The quantitative estimate of drug-likeness (QED) is 0.465. The number of nitrogens with two attached hydrogens (primary N) is 1. The molecule has 2 amide bonds. The first-order valence-corrected chi connectivity index (χ1v) is 10.1. The predicted molar refractivity (Wildman–Crippen MR) is 114 cm³/mol. The molecule has 32 heavy (non-hydrogen) atoms. The first-order valence-electron chi connectivity index (χ1n) is 10.1. The minimum atomic E-state index is -0.927. The number of aromatic nitrogens is 1. The Bertz CT molecular complexity index is 1120. The van der Waals surface area contributed by atoms with Gasteiger partial charge >= 0.3 is 0 Å². The van der Waals surface area contributed by atoms with E-state index in [-0.39, 0.29) is 23.4 Å². The van der Waals surface area contributed by atoms with Crippen LogP contribution in [0.2, 0.25) is 0 Å². The second kappa shape index (κ2) is 9.15. The van der Waals surface area contributed by atoms with Gasteiger partial charge in [-0.15, -0.1) is 0 Å². The first kappa shape index (κ1) is 21.4. The van der Waals surface area contributed by atoms with E-state index in [9.17, 15) is 18.4 Å². The molecule has 1 fully saturated rings. The van der Waals surface area contributed by atoms with Crippen LogP contribution in [0.4, 0.5) is 26.0 Å². The van der Waals surface area contributed by atoms with Gasteiger partial charge in [0, 0.05) is 17.9 Å². The summed E-state index contributed by atoms with van der Waals surface area (Å²) in [5.41, 5.74) is 5.63. The average molecular weight is 441 g/mol. The Morgan fingerprint density at radius 1 is 1.09 bits per heavy atom. The van der Waals surface area contributed by atoms with Gasteiger partial charge in [-0.1, -0.05) is 6.07 Å². The molecule has 1 saturated heterocycles. The monoisotopic (exact) mass is 441 g/mol. The molecule has 0 radical (unpaired) electrons. The number of benzene rings is 2. The van der Waals surface area contributed by atoms with Crippen molar-refractivity contribution in [3.63, 3.8) is 0 Å². The number of primary amides is 1. The summed E-state index contributed by atoms with van der Waals surface area (Å²) in [5, 5.41) is 8.90. The highest BCUT2D eigenvalue weighted by atomic mass is 19.1. The van der Waals surface area contributed by atoms with Gasteiger partial charge in [0.15, 0.2) is 5.69 Å². The zero-order chi connectivity index (χ0) is 22.7. The molecule has 3 aromatic rings. The third-order valence-electron chi connectivity index (χ3n) is 5.12. The van der Waals surface area contributed by atoms with Crippen LogP contribution >= 0.6 is 0 Å². The maximum Gasteiger partial charge on any atom is 0.273 e. The highest BCUT2D eigenvalue weighted by Crippen LogP contribution is 2.31. The summed E-state index contributed by atoms with van der Waals surface area (Å²) >= 11 is 0. The van der Waals surface area contributed by atoms with Crippen molar-refractivity contribution in [1.29, 1.82) is 0 Å². The largest absolute Gasteiger partial charge is 0.419 e. The number of carbonyl (C=O) groups excluding carboxylic acids is 2. The number of nitrogens with one attached hydrogen (secondary N) is 3. The number of hydrogen-bond donors (Lipinski definition) is 4. The summed E-state index contributed by atoms with van der Waals surface area (Å²) < 4.78 is 33.6. The number of oxazole rings is 1. The Hall–Kier alpha value is -3.79. The second-order valence-electron chi connectivity index (χ2n) is 7.39. The lowest BCUT2D eigenvalue weighted by Crippen LogP contribution is -2.37. The van der Waals surface area contributed by atoms with Crippen LogP contribution in [-0.2, 0) is 4.79 Å². The normalized spacial score (nSPS) is 15.9. The Kier molecular flexibility index (Phi) is 6.13. The maximum atomic E-state index is 14.1. The fourth-order valence-corrected chi connectivity index (χ4v) is 3.47. The topological polar surface area (TPSA) is 122 Å². The molecule has 1 unspecified atom stereocenters. The second-order valence-corrected chi connectivity index (χ2v) is 7.39. The third-order valence-corrected chi connectivity index (χ3v) is 5.12. The average Bonchev–Trinajstić information content (AvgIpc) is 3.19. The van der Waals surface area contributed by atoms with Gasteiger partial charge in [-0.25, -0.2) is 13.8 Å². The molecule has 2 heterocycles. The fourth-order valence-electron chi connectivity index (χ4n) is 3.47. The minimum Gasteiger partial charge on any atom is -0.419 e. The molecule has 0 bridgehead atoms. The molecule has 0 saturated carbocycles. The van der Waals surface area contributed by atoms with Crippen molar-refractivity contribution in [3.8, 4) is 11.5 Å². The van der Waals surface area contributed by atoms with E-state index >= 15 is 0 Å². The van der Waals surface area contributed by atoms with E-state index in [1.165, 1.54) is 6.07 Å². The van der Waals surface area contributed by atoms with Crippen LogP contribution in [0.15, 0.2) is 46.9 Å². The van der Waals surface area contributed by atoms with Gasteiger partial charge in [-0.2, -0.15) is 0 Å². The highest BCUT2D eigenvalue weighted by molar-refractivity contribution is 5.97. The van der Waals surface area contributed by atoms with Crippen molar-refractivity contribution >= 4 is 29.1 Å². The predicted octanol–water partition coefficient (Wildman–Crippen LogP) is 3.40. The lowest BCUT2D eigenvalue weighted by molar-refractivity contribution is -0.120. The van der Waals surface area contributed by atoms with Gasteiger partial charge in [0.25, 0.3) is 5.91 Å². The van der Waals surface area contributed by atoms with Gasteiger partial charge in [0.1, 0.15) is 17.2 Å². The Morgan fingerprint density at radius 2 is 1.78 bits per heavy atom. The van der Waals surface area contributed by atoms with Crippen LogP contribution in [0.3, 0.4) is 0 Å². The fraction of sp³-hybridized carbons (Fsp3) is 0.227. The van der Waals surface area contributed by atoms with Gasteiger partial charge in [0.05, 0.1) is 5.92 Å². The maximum absolute atomic E-state index is 14.1. The summed E-state index contributed by atoms with van der Waals surface area (Å²) in [6.45, 7) is 1.57. The molecule has 8 nitrogen and oxygen atoms in total. The number of anilines is 3. The summed E-state index contributed by atoms with van der Waals surface area (Å²) in [6.07, 6.45) is 1.80. The van der Waals surface area contributed by atoms with E-state index in [0.29, 0.717) is 17.9 Å². The smallest absolute Gasteiger partial charge is 0.273 e. The van der Waals surface area contributed by atoms with Gasteiger partial charge in [-0.05, 0) is 55.8 Å². The Balaban J connectivity index is 1.52. The third kappa shape index (κ3) is 4.59. The number of hydrogen-bond acceptors (Lipinski definition) is 6. The van der Waals surface area contributed by atoms with E-state index < -0.39 is 29.0 Å². The minimum absolute atomic E-state index is 0.0549. The number of amides is 2. The summed E-state index contributed by atoms with van der Waals surface area (Å²) in [7, 11) is 0. The molecule has 0 spiro atoms. The molecule has 1 aliphatic heterocycles. The van der Waals surface area contributed by atoms with Crippen LogP contribution in [0.1, 0.15) is 23.3 Å². The van der Waals surface area contributed by atoms with E-state index in [2.05, 4.69) is 20.9 Å². The number of carbonyl (C=O) groups is 2. The van der Waals surface area contributed by atoms with Crippen LogP contribution < -0.4 is 21.7 Å². The Morgan fingerprint density at radius 3 is 2.41 bits per heavy atom. The van der Waals surface area contributed by atoms with E-state index in [1.54, 1.807) is 24.3 Å². The molecule has 5 N–H and O–H groups in total. The van der Waals surface area contributed by atoms with Crippen molar-refractivity contribution in [2.45, 2.75) is 12.8 Å².